The summed E-state index contributed by atoms with van der Waals surface area (Å²) < 4.78 is 6.03. The minimum Gasteiger partial charge on any atom is -0.489 e. The fraction of sp³-hybridized carbons (Fsp3) is 0.304. The Labute approximate surface area is 170 Å². The number of hydrogen-bond acceptors (Lipinski definition) is 6. The third-order valence-corrected chi connectivity index (χ3v) is 5.85. The molecule has 0 saturated carbocycles. The topological polar surface area (TPSA) is 76.3 Å². The van der Waals surface area contributed by atoms with Crippen LogP contribution >= 0.6 is 0 Å². The van der Waals surface area contributed by atoms with Gasteiger partial charge < -0.3 is 20.7 Å². The summed E-state index contributed by atoms with van der Waals surface area (Å²) >= 11 is 0. The van der Waals surface area contributed by atoms with Gasteiger partial charge in [0.25, 0.3) is 0 Å². The van der Waals surface area contributed by atoms with Crippen LogP contribution in [0.5, 0.6) is 5.75 Å². The summed E-state index contributed by atoms with van der Waals surface area (Å²) in [5.74, 6) is 2.15. The van der Waals surface area contributed by atoms with Crippen molar-refractivity contribution in [3.05, 3.63) is 65.2 Å². The number of nitrogens with two attached hydrogens (primary N) is 1. The van der Waals surface area contributed by atoms with Gasteiger partial charge >= 0.3 is 0 Å². The molecule has 1 unspecified atom stereocenters. The quantitative estimate of drug-likeness (QED) is 0.548. The summed E-state index contributed by atoms with van der Waals surface area (Å²) in [5, 5.41) is 3.37. The fourth-order valence-corrected chi connectivity index (χ4v) is 4.28. The third kappa shape index (κ3) is 3.40. The number of fused-ring (bicyclic) bond motifs is 3. The molecule has 1 saturated heterocycles. The van der Waals surface area contributed by atoms with Crippen molar-refractivity contribution in [2.45, 2.75) is 25.5 Å². The van der Waals surface area contributed by atoms with Gasteiger partial charge in [0.1, 0.15) is 18.2 Å². The Kier molecular flexibility index (Phi) is 4.56. The average molecular weight is 387 g/mol. The first kappa shape index (κ1) is 17.9. The molecule has 0 bridgehead atoms. The number of benzene rings is 2. The Morgan fingerprint density at radius 2 is 2.03 bits per heavy atom. The van der Waals surface area contributed by atoms with Gasteiger partial charge in [0.05, 0.1) is 5.69 Å². The number of nitrogens with one attached hydrogen (secondary N) is 1. The van der Waals surface area contributed by atoms with Crippen LogP contribution in [0.2, 0.25) is 0 Å². The zero-order valence-corrected chi connectivity index (χ0v) is 16.6. The number of ether oxygens (including phenoxy) is 1. The van der Waals surface area contributed by atoms with Gasteiger partial charge in [0, 0.05) is 36.7 Å². The van der Waals surface area contributed by atoms with Gasteiger partial charge in [0.15, 0.2) is 0 Å². The van der Waals surface area contributed by atoms with E-state index < -0.39 is 0 Å². The highest BCUT2D eigenvalue weighted by atomic mass is 16.5. The molecule has 3 aromatic rings. The molecule has 5 rings (SSSR count). The number of likely N-dealkylation sites (N-methyl/N-ethyl adjacent to an activating group) is 1. The number of anilines is 2. The van der Waals surface area contributed by atoms with Gasteiger partial charge in [-0.25, -0.2) is 4.98 Å². The maximum Gasteiger partial charge on any atom is 0.222 e. The summed E-state index contributed by atoms with van der Waals surface area (Å²) in [7, 11) is 2.01. The lowest BCUT2D eigenvalue weighted by molar-refractivity contribution is 0.306. The molecule has 6 nitrogen and oxygen atoms in total. The van der Waals surface area contributed by atoms with Crippen molar-refractivity contribution in [1.29, 1.82) is 0 Å². The van der Waals surface area contributed by atoms with Gasteiger partial charge in [0.2, 0.25) is 5.95 Å². The molecular weight excluding hydrogens is 362 g/mol. The first-order valence-corrected chi connectivity index (χ1v) is 10.1. The lowest BCUT2D eigenvalue weighted by Crippen LogP contribution is -2.30. The van der Waals surface area contributed by atoms with Crippen molar-refractivity contribution in [2.24, 2.45) is 0 Å². The predicted octanol–water partition coefficient (Wildman–Crippen LogP) is 3.01. The second-order valence-electron chi connectivity index (χ2n) is 7.72. The van der Waals surface area contributed by atoms with Gasteiger partial charge in [-0.3, -0.25) is 0 Å². The molecule has 1 aliphatic carbocycles. The van der Waals surface area contributed by atoms with E-state index in [-0.39, 0.29) is 0 Å². The monoisotopic (exact) mass is 387 g/mol. The summed E-state index contributed by atoms with van der Waals surface area (Å²) in [4.78, 5) is 11.5. The van der Waals surface area contributed by atoms with Crippen molar-refractivity contribution < 1.29 is 4.74 Å². The first-order valence-electron chi connectivity index (χ1n) is 10.1. The van der Waals surface area contributed by atoms with Crippen LogP contribution in [0.15, 0.2) is 48.5 Å². The molecule has 1 fully saturated rings. The molecule has 148 valence electrons. The Morgan fingerprint density at radius 3 is 2.83 bits per heavy atom. The molecule has 0 radical (unpaired) electrons. The van der Waals surface area contributed by atoms with Gasteiger partial charge in [-0.1, -0.05) is 36.4 Å². The SMILES string of the molecule is CNC1CCN(c2nc(N)nc3c2Cc2ccc(OCc4ccccc4)cc2-3)C1. The zero-order valence-electron chi connectivity index (χ0n) is 16.6. The van der Waals surface area contributed by atoms with E-state index in [9.17, 15) is 0 Å². The van der Waals surface area contributed by atoms with E-state index in [0.717, 1.165) is 54.3 Å². The van der Waals surface area contributed by atoms with Crippen molar-refractivity contribution in [1.82, 2.24) is 15.3 Å². The lowest BCUT2D eigenvalue weighted by atomic mass is 10.1. The molecule has 1 aliphatic heterocycles. The smallest absolute Gasteiger partial charge is 0.222 e. The molecule has 6 heteroatoms. The summed E-state index contributed by atoms with van der Waals surface area (Å²) in [6.07, 6.45) is 1.94. The Balaban J connectivity index is 1.44. The van der Waals surface area contributed by atoms with E-state index in [0.29, 0.717) is 18.6 Å². The van der Waals surface area contributed by atoms with E-state index in [1.54, 1.807) is 0 Å². The summed E-state index contributed by atoms with van der Waals surface area (Å²) in [6.45, 7) is 2.47. The summed E-state index contributed by atoms with van der Waals surface area (Å²) in [6, 6.07) is 16.9. The largest absolute Gasteiger partial charge is 0.489 e. The van der Waals surface area contributed by atoms with E-state index in [1.165, 1.54) is 11.1 Å². The van der Waals surface area contributed by atoms with E-state index in [1.807, 2.05) is 31.3 Å². The minimum absolute atomic E-state index is 0.329. The number of aromatic nitrogens is 2. The number of nitrogen functional groups attached to an aromatic ring is 1. The molecule has 3 N–H and O–H groups in total. The molecule has 2 aliphatic rings. The molecule has 0 spiro atoms. The van der Waals surface area contributed by atoms with Gasteiger partial charge in [-0.15, -0.1) is 0 Å². The Hall–Kier alpha value is -3.12. The van der Waals surface area contributed by atoms with Crippen LogP contribution in [-0.2, 0) is 13.0 Å². The molecule has 0 amide bonds. The Bertz CT molecular complexity index is 1040. The van der Waals surface area contributed by atoms with Crippen LogP contribution in [0, 0.1) is 0 Å². The Morgan fingerprint density at radius 1 is 1.17 bits per heavy atom. The number of hydrogen-bond donors (Lipinski definition) is 2. The maximum atomic E-state index is 6.10. The van der Waals surface area contributed by atoms with Crippen LogP contribution in [0.1, 0.15) is 23.1 Å². The predicted molar refractivity (Wildman–Crippen MR) is 115 cm³/mol. The number of nitrogens with zero attached hydrogens (tertiary/aromatic N) is 3. The highest BCUT2D eigenvalue weighted by molar-refractivity contribution is 5.80. The van der Waals surface area contributed by atoms with E-state index in [2.05, 4.69) is 44.5 Å². The van der Waals surface area contributed by atoms with Crippen LogP contribution in [0.25, 0.3) is 11.3 Å². The molecule has 29 heavy (non-hydrogen) atoms. The highest BCUT2D eigenvalue weighted by Crippen LogP contribution is 2.42. The van der Waals surface area contributed by atoms with Crippen LogP contribution in [-0.4, -0.2) is 36.1 Å². The minimum atomic E-state index is 0.329. The van der Waals surface area contributed by atoms with Crippen molar-refractivity contribution in [2.75, 3.05) is 30.8 Å². The average Bonchev–Trinajstić information content (AvgIpc) is 3.37. The van der Waals surface area contributed by atoms with Crippen molar-refractivity contribution in [3.8, 4) is 17.0 Å². The zero-order chi connectivity index (χ0) is 19.8. The summed E-state index contributed by atoms with van der Waals surface area (Å²) in [5.41, 5.74) is 11.7. The van der Waals surface area contributed by atoms with Crippen LogP contribution in [0.4, 0.5) is 11.8 Å². The molecule has 1 aromatic heterocycles. The molecule has 2 aromatic carbocycles. The standard InChI is InChI=1S/C23H25N5O/c1-25-17-9-10-28(13-17)22-20-11-16-7-8-18(29-14-15-5-3-2-4-6-15)12-19(16)21(20)26-23(24)27-22/h2-8,12,17,25H,9-11,13-14H2,1H3,(H2,24,26,27). The molecular formula is C23H25N5O. The second-order valence-corrected chi connectivity index (χ2v) is 7.72. The van der Waals surface area contributed by atoms with E-state index >= 15 is 0 Å². The first-order chi connectivity index (χ1) is 14.2. The second kappa shape index (κ2) is 7.37. The normalized spacial score (nSPS) is 17.3. The van der Waals surface area contributed by atoms with Crippen LogP contribution < -0.4 is 20.7 Å². The third-order valence-electron chi connectivity index (χ3n) is 5.85. The van der Waals surface area contributed by atoms with E-state index in [4.69, 9.17) is 10.5 Å². The number of rotatable bonds is 5. The maximum absolute atomic E-state index is 6.10. The fourth-order valence-electron chi connectivity index (χ4n) is 4.28. The highest BCUT2D eigenvalue weighted by Gasteiger charge is 2.30. The van der Waals surface area contributed by atoms with Gasteiger partial charge in [-0.2, -0.15) is 4.98 Å². The lowest BCUT2D eigenvalue weighted by Gasteiger charge is -2.20. The molecule has 1 atom stereocenters. The van der Waals surface area contributed by atoms with Crippen LogP contribution in [0.3, 0.4) is 0 Å². The molecule has 2 heterocycles. The van der Waals surface area contributed by atoms with Gasteiger partial charge in [-0.05, 0) is 36.7 Å². The van der Waals surface area contributed by atoms with Crippen molar-refractivity contribution >= 4 is 11.8 Å². The van der Waals surface area contributed by atoms with Crippen molar-refractivity contribution in [3.63, 3.8) is 0 Å².